The maximum atomic E-state index is 12.2. The van der Waals surface area contributed by atoms with Crippen molar-refractivity contribution in [2.24, 2.45) is 5.84 Å². The molecule has 9 heteroatoms. The Balaban J connectivity index is 2.42. The zero-order valence-electron chi connectivity index (χ0n) is 9.54. The first kappa shape index (κ1) is 13.7. The van der Waals surface area contributed by atoms with Crippen LogP contribution in [-0.2, 0) is 10.0 Å². The lowest BCUT2D eigenvalue weighted by molar-refractivity contribution is 0.601. The van der Waals surface area contributed by atoms with E-state index >= 15 is 0 Å². The number of anilines is 2. The van der Waals surface area contributed by atoms with Gasteiger partial charge in [0.15, 0.2) is 5.82 Å². The number of hydrogen-bond donors (Lipinski definition) is 3. The molecule has 0 unspecified atom stereocenters. The predicted molar refractivity (Wildman–Crippen MR) is 74.8 cm³/mol. The molecule has 4 N–H and O–H groups in total. The fraction of sp³-hybridized carbons (Fsp3) is 0. The normalized spacial score (nSPS) is 11.1. The van der Waals surface area contributed by atoms with Gasteiger partial charge in [0.2, 0.25) is 0 Å². The Morgan fingerprint density at radius 1 is 1.26 bits per heavy atom. The Morgan fingerprint density at radius 2 is 1.95 bits per heavy atom. The monoisotopic (exact) mass is 343 g/mol. The highest BCUT2D eigenvalue weighted by atomic mass is 79.9. The third kappa shape index (κ3) is 3.19. The Kier molecular flexibility index (Phi) is 3.98. The van der Waals surface area contributed by atoms with E-state index in [2.05, 4.69) is 36.0 Å². The summed E-state index contributed by atoms with van der Waals surface area (Å²) in [4.78, 5) is 7.64. The molecule has 0 aliphatic rings. The van der Waals surface area contributed by atoms with Crippen molar-refractivity contribution in [3.05, 3.63) is 41.3 Å². The molecular formula is C10H10BrN5O2S. The Bertz CT molecular complexity index is 678. The number of nitrogens with two attached hydrogens (primary N) is 1. The number of hydrogen-bond acceptors (Lipinski definition) is 6. The van der Waals surface area contributed by atoms with Gasteiger partial charge < -0.3 is 5.43 Å². The highest BCUT2D eigenvalue weighted by molar-refractivity contribution is 9.10. The molecule has 0 radical (unpaired) electrons. The molecular weight excluding hydrogens is 334 g/mol. The summed E-state index contributed by atoms with van der Waals surface area (Å²) in [6, 6.07) is 4.49. The Morgan fingerprint density at radius 3 is 2.58 bits per heavy atom. The predicted octanol–water partition coefficient (Wildman–Crippen LogP) is 1.33. The lowest BCUT2D eigenvalue weighted by Gasteiger charge is -2.11. The number of nitrogen functional groups attached to an aromatic ring is 1. The first-order chi connectivity index (χ1) is 9.03. The van der Waals surface area contributed by atoms with Gasteiger partial charge in [-0.2, -0.15) is 0 Å². The maximum Gasteiger partial charge on any atom is 0.265 e. The van der Waals surface area contributed by atoms with Gasteiger partial charge in [-0.25, -0.2) is 19.2 Å². The number of aromatic nitrogens is 2. The molecule has 19 heavy (non-hydrogen) atoms. The highest BCUT2D eigenvalue weighted by Gasteiger charge is 2.20. The number of nitrogens with one attached hydrogen (secondary N) is 2. The number of sulfonamides is 1. The third-order valence-corrected chi connectivity index (χ3v) is 4.01. The van der Waals surface area contributed by atoms with E-state index in [9.17, 15) is 8.42 Å². The van der Waals surface area contributed by atoms with Crippen LogP contribution in [0.1, 0.15) is 0 Å². The lowest BCUT2D eigenvalue weighted by atomic mass is 10.4. The summed E-state index contributed by atoms with van der Waals surface area (Å²) >= 11 is 3.17. The summed E-state index contributed by atoms with van der Waals surface area (Å²) in [5.41, 5.74) is 2.65. The number of rotatable bonds is 4. The second-order valence-corrected chi connectivity index (χ2v) is 6.05. The first-order valence-corrected chi connectivity index (χ1v) is 7.35. The first-order valence-electron chi connectivity index (χ1n) is 5.08. The van der Waals surface area contributed by atoms with Crippen LogP contribution in [0.4, 0.5) is 11.5 Å². The van der Waals surface area contributed by atoms with Gasteiger partial charge in [-0.05, 0) is 34.1 Å². The van der Waals surface area contributed by atoms with Gasteiger partial charge in [-0.1, -0.05) is 0 Å². The van der Waals surface area contributed by atoms with Crippen LogP contribution in [0.25, 0.3) is 0 Å². The molecule has 0 saturated carbocycles. The average molecular weight is 344 g/mol. The fourth-order valence-electron chi connectivity index (χ4n) is 1.36. The van der Waals surface area contributed by atoms with Gasteiger partial charge >= 0.3 is 0 Å². The van der Waals surface area contributed by atoms with Crippen LogP contribution < -0.4 is 16.0 Å². The average Bonchev–Trinajstić information content (AvgIpc) is 2.39. The highest BCUT2D eigenvalue weighted by Crippen LogP contribution is 2.24. The smallest absolute Gasteiger partial charge is 0.265 e. The summed E-state index contributed by atoms with van der Waals surface area (Å²) in [5.74, 6) is 5.32. The minimum atomic E-state index is -3.79. The molecule has 2 aromatic heterocycles. The van der Waals surface area contributed by atoms with Gasteiger partial charge in [0.05, 0.1) is 5.69 Å². The van der Waals surface area contributed by atoms with Gasteiger partial charge in [-0.3, -0.25) is 9.71 Å². The van der Waals surface area contributed by atoms with Crippen molar-refractivity contribution in [3.8, 4) is 0 Å². The zero-order valence-corrected chi connectivity index (χ0v) is 11.9. The second kappa shape index (κ2) is 5.51. The van der Waals surface area contributed by atoms with Crippen molar-refractivity contribution in [3.63, 3.8) is 0 Å². The molecule has 100 valence electrons. The number of halogens is 1. The lowest BCUT2D eigenvalue weighted by Crippen LogP contribution is -2.18. The summed E-state index contributed by atoms with van der Waals surface area (Å²) in [6.07, 6.45) is 4.42. The summed E-state index contributed by atoms with van der Waals surface area (Å²) < 4.78 is 27.4. The molecule has 0 saturated heterocycles. The van der Waals surface area contributed by atoms with E-state index in [1.54, 1.807) is 12.1 Å². The molecule has 0 aliphatic heterocycles. The number of pyridine rings is 2. The second-order valence-electron chi connectivity index (χ2n) is 3.49. The Hall–Kier alpha value is -1.71. The van der Waals surface area contributed by atoms with Gasteiger partial charge in [-0.15, -0.1) is 0 Å². The number of hydrazine groups is 1. The van der Waals surface area contributed by atoms with Crippen molar-refractivity contribution >= 4 is 37.5 Å². The van der Waals surface area contributed by atoms with Gasteiger partial charge in [0.1, 0.15) is 4.90 Å². The summed E-state index contributed by atoms with van der Waals surface area (Å²) in [6.45, 7) is 0. The molecule has 0 spiro atoms. The van der Waals surface area contributed by atoms with E-state index in [1.165, 1.54) is 24.7 Å². The topological polar surface area (TPSA) is 110 Å². The fourth-order valence-corrected chi connectivity index (χ4v) is 3.05. The molecule has 2 rings (SSSR count). The van der Waals surface area contributed by atoms with E-state index in [-0.39, 0.29) is 10.7 Å². The van der Waals surface area contributed by atoms with Crippen LogP contribution in [0, 0.1) is 0 Å². The van der Waals surface area contributed by atoms with Crippen molar-refractivity contribution in [1.82, 2.24) is 9.97 Å². The molecule has 7 nitrogen and oxygen atoms in total. The Labute approximate surface area is 118 Å². The van der Waals surface area contributed by atoms with Crippen molar-refractivity contribution in [2.45, 2.75) is 4.90 Å². The third-order valence-electron chi connectivity index (χ3n) is 2.18. The van der Waals surface area contributed by atoms with Crippen LogP contribution in [-0.4, -0.2) is 18.4 Å². The van der Waals surface area contributed by atoms with E-state index in [4.69, 9.17) is 5.84 Å². The molecule has 0 atom stereocenters. The largest absolute Gasteiger partial charge is 0.307 e. The summed E-state index contributed by atoms with van der Waals surface area (Å²) in [7, 11) is -3.79. The molecule has 0 bridgehead atoms. The molecule has 0 aliphatic carbocycles. The minimum absolute atomic E-state index is 0.0545. The molecule has 0 amide bonds. The molecule has 0 fully saturated rings. The van der Waals surface area contributed by atoms with Crippen LogP contribution in [0.3, 0.4) is 0 Å². The van der Waals surface area contributed by atoms with Crippen LogP contribution in [0.2, 0.25) is 0 Å². The van der Waals surface area contributed by atoms with Crippen LogP contribution >= 0.6 is 15.9 Å². The summed E-state index contributed by atoms with van der Waals surface area (Å²) in [5, 5.41) is 0. The molecule has 0 aromatic carbocycles. The SMILES string of the molecule is NNc1ncc(Br)cc1S(=O)(=O)Nc1ccncc1. The molecule has 2 heterocycles. The van der Waals surface area contributed by atoms with Crippen molar-refractivity contribution < 1.29 is 8.42 Å². The van der Waals surface area contributed by atoms with E-state index in [1.807, 2.05) is 0 Å². The minimum Gasteiger partial charge on any atom is -0.307 e. The number of nitrogens with zero attached hydrogens (tertiary/aromatic N) is 2. The quantitative estimate of drug-likeness (QED) is 0.570. The van der Waals surface area contributed by atoms with Crippen molar-refractivity contribution in [2.75, 3.05) is 10.1 Å². The zero-order chi connectivity index (χ0) is 13.9. The van der Waals surface area contributed by atoms with Gasteiger partial charge in [0, 0.05) is 23.1 Å². The maximum absolute atomic E-state index is 12.2. The van der Waals surface area contributed by atoms with Gasteiger partial charge in [0.25, 0.3) is 10.0 Å². The van der Waals surface area contributed by atoms with E-state index < -0.39 is 10.0 Å². The van der Waals surface area contributed by atoms with Crippen LogP contribution in [0.5, 0.6) is 0 Å². The molecule has 2 aromatic rings. The van der Waals surface area contributed by atoms with Crippen LogP contribution in [0.15, 0.2) is 46.2 Å². The van der Waals surface area contributed by atoms with E-state index in [0.717, 1.165) is 0 Å². The van der Waals surface area contributed by atoms with E-state index in [0.29, 0.717) is 10.2 Å². The van der Waals surface area contributed by atoms with Crippen molar-refractivity contribution in [1.29, 1.82) is 0 Å². The standard InChI is InChI=1S/C10H10BrN5O2S/c11-7-5-9(10(15-12)14-6-7)19(17,18)16-8-1-3-13-4-2-8/h1-6H,12H2,(H,13,16)(H,14,15).